The summed E-state index contributed by atoms with van der Waals surface area (Å²) >= 11 is 0. The van der Waals surface area contributed by atoms with Crippen LogP contribution in [0.2, 0.25) is 0 Å². The molecule has 0 saturated heterocycles. The van der Waals surface area contributed by atoms with E-state index in [9.17, 15) is 19.5 Å². The normalized spacial score (nSPS) is 11.4. The fraction of sp³-hybridized carbons (Fsp3) is 0.318. The summed E-state index contributed by atoms with van der Waals surface area (Å²) in [5, 5.41) is 12.2. The van der Waals surface area contributed by atoms with Crippen LogP contribution in [0.15, 0.2) is 48.5 Å². The van der Waals surface area contributed by atoms with Crippen molar-refractivity contribution in [1.82, 2.24) is 10.2 Å². The quantitative estimate of drug-likeness (QED) is 0.676. The first kappa shape index (κ1) is 21.9. The Morgan fingerprint density at radius 2 is 1.59 bits per heavy atom. The predicted molar refractivity (Wildman–Crippen MR) is 109 cm³/mol. The number of carbonyl (C=O) groups excluding carboxylic acids is 2. The summed E-state index contributed by atoms with van der Waals surface area (Å²) in [6.45, 7) is 2.46. The maximum Gasteiger partial charge on any atom is 0.308 e. The molecule has 2 aromatic rings. The fourth-order valence-electron chi connectivity index (χ4n) is 2.76. The third-order valence-corrected chi connectivity index (χ3v) is 4.37. The van der Waals surface area contributed by atoms with E-state index in [0.29, 0.717) is 17.7 Å². The summed E-state index contributed by atoms with van der Waals surface area (Å²) in [5.41, 5.74) is 1.69. The van der Waals surface area contributed by atoms with Gasteiger partial charge >= 0.3 is 5.97 Å². The molecular formula is C22H26N2O5. The highest BCUT2D eigenvalue weighted by atomic mass is 16.5. The minimum Gasteiger partial charge on any atom is -0.494 e. The zero-order valence-electron chi connectivity index (χ0n) is 16.8. The van der Waals surface area contributed by atoms with Gasteiger partial charge in [-0.05, 0) is 55.3 Å². The molecule has 7 heteroatoms. The molecule has 1 atom stereocenters. The van der Waals surface area contributed by atoms with Crippen molar-refractivity contribution in [2.24, 2.45) is 5.92 Å². The molecule has 154 valence electrons. The Morgan fingerprint density at radius 3 is 2.10 bits per heavy atom. The molecule has 2 N–H and O–H groups in total. The molecule has 2 rings (SSSR count). The van der Waals surface area contributed by atoms with Crippen molar-refractivity contribution in [2.75, 3.05) is 27.2 Å². The smallest absolute Gasteiger partial charge is 0.308 e. The standard InChI is InChI=1S/C22H26N2O5/c1-4-29-19-11-5-15(6-12-19)13-18(22(27)28)14-23-20(25)16-7-9-17(10-8-16)21(26)24(2)3/h5-12,18H,4,13-14H2,1-3H3,(H,23,25)(H,27,28). The minimum absolute atomic E-state index is 0.000240. The van der Waals surface area contributed by atoms with Gasteiger partial charge in [-0.15, -0.1) is 0 Å². The molecule has 0 radical (unpaired) electrons. The highest BCUT2D eigenvalue weighted by Crippen LogP contribution is 2.15. The molecule has 0 spiro atoms. The van der Waals surface area contributed by atoms with Crippen LogP contribution in [0.3, 0.4) is 0 Å². The first-order chi connectivity index (χ1) is 13.8. The number of benzene rings is 2. The van der Waals surface area contributed by atoms with Crippen molar-refractivity contribution in [3.05, 3.63) is 65.2 Å². The Hall–Kier alpha value is -3.35. The van der Waals surface area contributed by atoms with Crippen molar-refractivity contribution in [3.63, 3.8) is 0 Å². The van der Waals surface area contributed by atoms with Crippen LogP contribution in [0.4, 0.5) is 0 Å². The van der Waals surface area contributed by atoms with Gasteiger partial charge in [-0.2, -0.15) is 0 Å². The summed E-state index contributed by atoms with van der Waals surface area (Å²) in [6, 6.07) is 13.5. The van der Waals surface area contributed by atoms with E-state index in [1.165, 1.54) is 4.90 Å². The molecule has 2 aromatic carbocycles. The zero-order chi connectivity index (χ0) is 21.4. The molecule has 0 bridgehead atoms. The molecule has 1 unspecified atom stereocenters. The molecule has 0 heterocycles. The van der Waals surface area contributed by atoms with Gasteiger partial charge < -0.3 is 20.1 Å². The van der Waals surface area contributed by atoms with Gasteiger partial charge in [0, 0.05) is 31.8 Å². The molecular weight excluding hydrogens is 372 g/mol. The van der Waals surface area contributed by atoms with E-state index in [-0.39, 0.29) is 24.8 Å². The number of hydrogen-bond acceptors (Lipinski definition) is 4. The van der Waals surface area contributed by atoms with E-state index in [2.05, 4.69) is 5.32 Å². The van der Waals surface area contributed by atoms with Gasteiger partial charge in [-0.1, -0.05) is 12.1 Å². The Kier molecular flexibility index (Phi) is 7.77. The van der Waals surface area contributed by atoms with Crippen LogP contribution >= 0.6 is 0 Å². The molecule has 0 aliphatic rings. The van der Waals surface area contributed by atoms with Crippen molar-refractivity contribution >= 4 is 17.8 Å². The average Bonchev–Trinajstić information content (AvgIpc) is 2.71. The number of carbonyl (C=O) groups is 3. The van der Waals surface area contributed by atoms with Crippen LogP contribution in [0, 0.1) is 5.92 Å². The van der Waals surface area contributed by atoms with E-state index >= 15 is 0 Å². The van der Waals surface area contributed by atoms with E-state index in [0.717, 1.165) is 11.3 Å². The van der Waals surface area contributed by atoms with Crippen LogP contribution in [-0.2, 0) is 11.2 Å². The fourth-order valence-corrected chi connectivity index (χ4v) is 2.76. The van der Waals surface area contributed by atoms with Crippen LogP contribution in [0.1, 0.15) is 33.2 Å². The molecule has 2 amide bonds. The number of nitrogens with zero attached hydrogens (tertiary/aromatic N) is 1. The minimum atomic E-state index is -0.980. The summed E-state index contributed by atoms with van der Waals surface area (Å²) in [5.74, 6) is -1.55. The number of rotatable bonds is 9. The number of hydrogen-bond donors (Lipinski definition) is 2. The summed E-state index contributed by atoms with van der Waals surface area (Å²) < 4.78 is 5.38. The molecule has 7 nitrogen and oxygen atoms in total. The van der Waals surface area contributed by atoms with Gasteiger partial charge in [0.2, 0.25) is 0 Å². The number of nitrogens with one attached hydrogen (secondary N) is 1. The highest BCUT2D eigenvalue weighted by molar-refractivity contribution is 5.97. The lowest BCUT2D eigenvalue weighted by molar-refractivity contribution is -0.141. The number of carboxylic acid groups (broad SMARTS) is 1. The summed E-state index contributed by atoms with van der Waals surface area (Å²) in [6.07, 6.45) is 0.290. The molecule has 0 aliphatic carbocycles. The Bertz CT molecular complexity index is 845. The van der Waals surface area contributed by atoms with Crippen LogP contribution in [-0.4, -0.2) is 55.0 Å². The third kappa shape index (κ3) is 6.34. The van der Waals surface area contributed by atoms with Crippen molar-refractivity contribution in [3.8, 4) is 5.75 Å². The van der Waals surface area contributed by atoms with Crippen molar-refractivity contribution < 1.29 is 24.2 Å². The van der Waals surface area contributed by atoms with E-state index in [4.69, 9.17) is 4.74 Å². The van der Waals surface area contributed by atoms with Gasteiger partial charge in [0.15, 0.2) is 0 Å². The second-order valence-corrected chi connectivity index (χ2v) is 6.80. The SMILES string of the molecule is CCOc1ccc(CC(CNC(=O)c2ccc(C(=O)N(C)C)cc2)C(=O)O)cc1. The topological polar surface area (TPSA) is 95.9 Å². The Morgan fingerprint density at radius 1 is 1.00 bits per heavy atom. The highest BCUT2D eigenvalue weighted by Gasteiger charge is 2.20. The lowest BCUT2D eigenvalue weighted by Gasteiger charge is -2.14. The van der Waals surface area contributed by atoms with E-state index in [1.807, 2.05) is 19.1 Å². The predicted octanol–water partition coefficient (Wildman–Crippen LogP) is 2.46. The van der Waals surface area contributed by atoms with Crippen molar-refractivity contribution in [2.45, 2.75) is 13.3 Å². The first-order valence-corrected chi connectivity index (χ1v) is 9.36. The molecule has 0 aromatic heterocycles. The average molecular weight is 398 g/mol. The van der Waals surface area contributed by atoms with Crippen LogP contribution < -0.4 is 10.1 Å². The molecule has 0 saturated carbocycles. The second-order valence-electron chi connectivity index (χ2n) is 6.80. The maximum atomic E-state index is 12.3. The molecule has 0 fully saturated rings. The van der Waals surface area contributed by atoms with E-state index in [1.54, 1.807) is 50.5 Å². The lowest BCUT2D eigenvalue weighted by atomic mass is 9.99. The monoisotopic (exact) mass is 398 g/mol. The van der Waals surface area contributed by atoms with E-state index < -0.39 is 11.9 Å². The van der Waals surface area contributed by atoms with Gasteiger partial charge in [0.05, 0.1) is 12.5 Å². The lowest BCUT2D eigenvalue weighted by Crippen LogP contribution is -2.34. The van der Waals surface area contributed by atoms with Gasteiger partial charge in [0.1, 0.15) is 5.75 Å². The first-order valence-electron chi connectivity index (χ1n) is 9.36. The number of ether oxygens (including phenoxy) is 1. The Balaban J connectivity index is 1.96. The van der Waals surface area contributed by atoms with Gasteiger partial charge in [-0.3, -0.25) is 14.4 Å². The molecule has 29 heavy (non-hydrogen) atoms. The molecule has 0 aliphatic heterocycles. The summed E-state index contributed by atoms with van der Waals surface area (Å²) in [4.78, 5) is 37.3. The Labute approximate surface area is 170 Å². The third-order valence-electron chi connectivity index (χ3n) is 4.37. The maximum absolute atomic E-state index is 12.3. The van der Waals surface area contributed by atoms with Gasteiger partial charge in [0.25, 0.3) is 11.8 Å². The van der Waals surface area contributed by atoms with Crippen molar-refractivity contribution in [1.29, 1.82) is 0 Å². The van der Waals surface area contributed by atoms with Crippen LogP contribution in [0.25, 0.3) is 0 Å². The van der Waals surface area contributed by atoms with Gasteiger partial charge in [-0.25, -0.2) is 0 Å². The number of carboxylic acids is 1. The number of amides is 2. The second kappa shape index (κ2) is 10.3. The largest absolute Gasteiger partial charge is 0.494 e. The summed E-state index contributed by atoms with van der Waals surface area (Å²) in [7, 11) is 3.30. The zero-order valence-corrected chi connectivity index (χ0v) is 16.8. The van der Waals surface area contributed by atoms with Crippen LogP contribution in [0.5, 0.6) is 5.75 Å². The number of aliphatic carboxylic acids is 1.